The van der Waals surface area contributed by atoms with Crippen molar-refractivity contribution in [3.8, 4) is 0 Å². The molecule has 0 spiro atoms. The van der Waals surface area contributed by atoms with Gasteiger partial charge in [0.1, 0.15) is 5.82 Å². The summed E-state index contributed by atoms with van der Waals surface area (Å²) in [6.07, 6.45) is 3.00. The number of rotatable bonds is 6. The molecule has 0 fully saturated rings. The van der Waals surface area contributed by atoms with E-state index >= 15 is 0 Å². The maximum Gasteiger partial charge on any atom is 0.123 e. The lowest BCUT2D eigenvalue weighted by atomic mass is 9.93. The van der Waals surface area contributed by atoms with Crippen molar-refractivity contribution in [1.29, 1.82) is 0 Å². The van der Waals surface area contributed by atoms with E-state index < -0.39 is 0 Å². The van der Waals surface area contributed by atoms with Gasteiger partial charge >= 0.3 is 0 Å². The molecule has 0 aliphatic carbocycles. The van der Waals surface area contributed by atoms with Gasteiger partial charge in [0, 0.05) is 5.33 Å². The minimum absolute atomic E-state index is 0.150. The predicted molar refractivity (Wildman–Crippen MR) is 86.9 cm³/mol. The summed E-state index contributed by atoms with van der Waals surface area (Å²) in [6, 6.07) is 15.7. The van der Waals surface area contributed by atoms with E-state index in [0.717, 1.165) is 30.2 Å². The van der Waals surface area contributed by atoms with Crippen LogP contribution in [0.25, 0.3) is 0 Å². The molecule has 0 aliphatic rings. The Morgan fingerprint density at radius 1 is 0.950 bits per heavy atom. The summed E-state index contributed by atoms with van der Waals surface area (Å²) in [5.41, 5.74) is 3.79. The third kappa shape index (κ3) is 4.45. The molecule has 106 valence electrons. The van der Waals surface area contributed by atoms with E-state index in [1.165, 1.54) is 17.2 Å². The highest BCUT2D eigenvalue weighted by atomic mass is 79.9. The molecule has 1 atom stereocenters. The van der Waals surface area contributed by atoms with Gasteiger partial charge in [-0.05, 0) is 54.0 Å². The molecular formula is C18H20BrF. The lowest BCUT2D eigenvalue weighted by molar-refractivity contribution is 0.582. The Labute approximate surface area is 129 Å². The molecule has 2 aromatic carbocycles. The number of halogens is 2. The summed E-state index contributed by atoms with van der Waals surface area (Å²) >= 11 is 3.58. The zero-order chi connectivity index (χ0) is 14.4. The van der Waals surface area contributed by atoms with Gasteiger partial charge in [0.2, 0.25) is 0 Å². The highest BCUT2D eigenvalue weighted by Crippen LogP contribution is 2.18. The third-order valence-corrected chi connectivity index (χ3v) is 4.50. The van der Waals surface area contributed by atoms with E-state index in [9.17, 15) is 4.39 Å². The number of hydrogen-bond donors (Lipinski definition) is 0. The van der Waals surface area contributed by atoms with Crippen LogP contribution in [-0.4, -0.2) is 5.33 Å². The van der Waals surface area contributed by atoms with Gasteiger partial charge in [-0.25, -0.2) is 4.39 Å². The molecule has 0 saturated carbocycles. The molecule has 0 radical (unpaired) electrons. The zero-order valence-electron chi connectivity index (χ0n) is 11.8. The van der Waals surface area contributed by atoms with Crippen LogP contribution >= 0.6 is 15.9 Å². The van der Waals surface area contributed by atoms with Gasteiger partial charge in [0.15, 0.2) is 0 Å². The average Bonchev–Trinajstić information content (AvgIpc) is 2.47. The largest absolute Gasteiger partial charge is 0.207 e. The molecule has 2 heteroatoms. The second-order valence-electron chi connectivity index (χ2n) is 5.23. The van der Waals surface area contributed by atoms with Crippen molar-refractivity contribution in [2.75, 3.05) is 5.33 Å². The molecule has 0 heterocycles. The predicted octanol–water partition coefficient (Wildman–Crippen LogP) is 5.18. The fraction of sp³-hybridized carbons (Fsp3) is 0.333. The van der Waals surface area contributed by atoms with E-state index in [0.29, 0.717) is 5.92 Å². The molecule has 0 saturated heterocycles. The van der Waals surface area contributed by atoms with Gasteiger partial charge in [-0.15, -0.1) is 0 Å². The topological polar surface area (TPSA) is 0 Å². The lowest BCUT2D eigenvalue weighted by Gasteiger charge is -2.14. The first-order valence-electron chi connectivity index (χ1n) is 7.09. The summed E-state index contributed by atoms with van der Waals surface area (Å²) in [7, 11) is 0. The molecule has 0 aromatic heterocycles. The summed E-state index contributed by atoms with van der Waals surface area (Å²) in [5, 5.41) is 0.930. The monoisotopic (exact) mass is 334 g/mol. The second kappa shape index (κ2) is 7.58. The van der Waals surface area contributed by atoms with Crippen LogP contribution in [0.15, 0.2) is 48.5 Å². The van der Waals surface area contributed by atoms with Crippen molar-refractivity contribution >= 4 is 15.9 Å². The average molecular weight is 335 g/mol. The van der Waals surface area contributed by atoms with Crippen molar-refractivity contribution in [3.05, 3.63) is 71.0 Å². The fourth-order valence-electron chi connectivity index (χ4n) is 2.42. The van der Waals surface area contributed by atoms with Crippen molar-refractivity contribution < 1.29 is 4.39 Å². The molecule has 1 unspecified atom stereocenters. The number of aryl methyl sites for hydroxylation is 1. The van der Waals surface area contributed by atoms with Crippen LogP contribution in [0.3, 0.4) is 0 Å². The lowest BCUT2D eigenvalue weighted by Crippen LogP contribution is -2.10. The number of hydrogen-bond acceptors (Lipinski definition) is 0. The maximum absolute atomic E-state index is 13.2. The fourth-order valence-corrected chi connectivity index (χ4v) is 2.88. The quantitative estimate of drug-likeness (QED) is 0.638. The first-order chi connectivity index (χ1) is 9.71. The Morgan fingerprint density at radius 2 is 1.60 bits per heavy atom. The summed E-state index contributed by atoms with van der Waals surface area (Å²) in [6.45, 7) is 2.17. The van der Waals surface area contributed by atoms with Gasteiger partial charge in [-0.2, -0.15) is 0 Å². The van der Waals surface area contributed by atoms with E-state index in [-0.39, 0.29) is 5.82 Å². The minimum Gasteiger partial charge on any atom is -0.207 e. The van der Waals surface area contributed by atoms with Crippen molar-refractivity contribution in [1.82, 2.24) is 0 Å². The van der Waals surface area contributed by atoms with Gasteiger partial charge in [-0.1, -0.05) is 59.3 Å². The third-order valence-electron chi connectivity index (χ3n) is 3.59. The van der Waals surface area contributed by atoms with Crippen LogP contribution in [0.5, 0.6) is 0 Å². The van der Waals surface area contributed by atoms with E-state index in [1.807, 2.05) is 6.07 Å². The van der Waals surface area contributed by atoms with Crippen LogP contribution in [0.2, 0.25) is 0 Å². The highest BCUT2D eigenvalue weighted by molar-refractivity contribution is 9.09. The first-order valence-corrected chi connectivity index (χ1v) is 8.21. The molecule has 2 aromatic rings. The summed E-state index contributed by atoms with van der Waals surface area (Å²) in [5.74, 6) is 0.340. The highest BCUT2D eigenvalue weighted by Gasteiger charge is 2.10. The van der Waals surface area contributed by atoms with Crippen molar-refractivity contribution in [3.63, 3.8) is 0 Å². The first kappa shape index (κ1) is 15.2. The van der Waals surface area contributed by atoms with Gasteiger partial charge < -0.3 is 0 Å². The van der Waals surface area contributed by atoms with Crippen LogP contribution in [0.1, 0.15) is 23.6 Å². The number of benzene rings is 2. The molecule has 2 rings (SSSR count). The Hall–Kier alpha value is -1.15. The Balaban J connectivity index is 2.01. The standard InChI is InChI=1S/C18H20BrF/c1-2-14-6-8-15(9-7-14)10-17(13-19)11-16-4-3-5-18(20)12-16/h3-9,12,17H,2,10-11,13H2,1H3. The Morgan fingerprint density at radius 3 is 2.20 bits per heavy atom. The summed E-state index contributed by atoms with van der Waals surface area (Å²) in [4.78, 5) is 0. The van der Waals surface area contributed by atoms with E-state index in [4.69, 9.17) is 0 Å². The van der Waals surface area contributed by atoms with Crippen molar-refractivity contribution in [2.24, 2.45) is 5.92 Å². The van der Waals surface area contributed by atoms with E-state index in [1.54, 1.807) is 12.1 Å². The van der Waals surface area contributed by atoms with Crippen LogP contribution in [0.4, 0.5) is 4.39 Å². The SMILES string of the molecule is CCc1ccc(CC(CBr)Cc2cccc(F)c2)cc1. The molecule has 0 aliphatic heterocycles. The Bertz CT molecular complexity index is 533. The Kier molecular flexibility index (Phi) is 5.78. The molecule has 0 N–H and O–H groups in total. The minimum atomic E-state index is -0.150. The van der Waals surface area contributed by atoms with Gasteiger partial charge in [0.05, 0.1) is 0 Å². The molecule has 0 nitrogen and oxygen atoms in total. The zero-order valence-corrected chi connectivity index (χ0v) is 13.4. The van der Waals surface area contributed by atoms with Crippen LogP contribution in [-0.2, 0) is 19.3 Å². The van der Waals surface area contributed by atoms with Crippen LogP contribution in [0, 0.1) is 11.7 Å². The normalized spacial score (nSPS) is 12.3. The van der Waals surface area contributed by atoms with Gasteiger partial charge in [-0.3, -0.25) is 0 Å². The molecule has 0 amide bonds. The van der Waals surface area contributed by atoms with Gasteiger partial charge in [0.25, 0.3) is 0 Å². The maximum atomic E-state index is 13.2. The molecule has 20 heavy (non-hydrogen) atoms. The molecular weight excluding hydrogens is 315 g/mol. The number of alkyl halides is 1. The molecule has 0 bridgehead atoms. The summed E-state index contributed by atoms with van der Waals surface area (Å²) < 4.78 is 13.2. The van der Waals surface area contributed by atoms with Crippen LogP contribution < -0.4 is 0 Å². The van der Waals surface area contributed by atoms with E-state index in [2.05, 4.69) is 47.1 Å². The smallest absolute Gasteiger partial charge is 0.123 e. The van der Waals surface area contributed by atoms with Crippen molar-refractivity contribution in [2.45, 2.75) is 26.2 Å². The second-order valence-corrected chi connectivity index (χ2v) is 5.88.